The van der Waals surface area contributed by atoms with Crippen molar-refractivity contribution in [2.24, 2.45) is 0 Å². The van der Waals surface area contributed by atoms with Gasteiger partial charge >= 0.3 is 0 Å². The Morgan fingerprint density at radius 2 is 2.11 bits per heavy atom. The standard InChI is InChI=1S/C14H11FN2S2/c1-18-11-4-2-3-10(8-11)16-14-17-12-6-5-9(15)7-13(12)19-14/h2-8H,1H3,(H,16,17). The lowest BCUT2D eigenvalue weighted by Crippen LogP contribution is -1.88. The number of thiazole rings is 1. The Kier molecular flexibility index (Phi) is 3.40. The molecule has 3 rings (SSSR count). The molecule has 0 bridgehead atoms. The molecule has 1 N–H and O–H groups in total. The molecule has 2 nitrogen and oxygen atoms in total. The Morgan fingerprint density at radius 3 is 2.95 bits per heavy atom. The van der Waals surface area contributed by atoms with Crippen molar-refractivity contribution >= 4 is 44.1 Å². The van der Waals surface area contributed by atoms with Crippen molar-refractivity contribution in [3.63, 3.8) is 0 Å². The molecule has 3 aromatic rings. The predicted octanol–water partition coefficient (Wildman–Crippen LogP) is 4.90. The van der Waals surface area contributed by atoms with Crippen LogP contribution in [0.2, 0.25) is 0 Å². The monoisotopic (exact) mass is 290 g/mol. The third-order valence-electron chi connectivity index (χ3n) is 2.67. The summed E-state index contributed by atoms with van der Waals surface area (Å²) in [6.07, 6.45) is 2.04. The van der Waals surface area contributed by atoms with Crippen molar-refractivity contribution < 1.29 is 4.39 Å². The van der Waals surface area contributed by atoms with Crippen LogP contribution in [0.3, 0.4) is 0 Å². The molecule has 0 spiro atoms. The van der Waals surface area contributed by atoms with E-state index in [1.165, 1.54) is 28.4 Å². The topological polar surface area (TPSA) is 24.9 Å². The van der Waals surface area contributed by atoms with Crippen LogP contribution in [0.15, 0.2) is 47.4 Å². The number of anilines is 2. The molecule has 0 unspecified atom stereocenters. The predicted molar refractivity (Wildman–Crippen MR) is 81.1 cm³/mol. The Hall–Kier alpha value is -1.59. The summed E-state index contributed by atoms with van der Waals surface area (Å²) in [6.45, 7) is 0. The minimum Gasteiger partial charge on any atom is -0.331 e. The molecule has 0 saturated heterocycles. The van der Waals surface area contributed by atoms with Gasteiger partial charge in [0, 0.05) is 10.6 Å². The molecule has 0 atom stereocenters. The van der Waals surface area contributed by atoms with Crippen molar-refractivity contribution in [2.45, 2.75) is 4.90 Å². The molecule has 2 aromatic carbocycles. The summed E-state index contributed by atoms with van der Waals surface area (Å²) in [5, 5.41) is 4.04. The maximum absolute atomic E-state index is 13.1. The van der Waals surface area contributed by atoms with Crippen LogP contribution < -0.4 is 5.32 Å². The van der Waals surface area contributed by atoms with E-state index in [0.29, 0.717) is 0 Å². The lowest BCUT2D eigenvalue weighted by molar-refractivity contribution is 0.630. The molecule has 0 radical (unpaired) electrons. The number of aromatic nitrogens is 1. The van der Waals surface area contributed by atoms with Gasteiger partial charge in [0.1, 0.15) is 5.82 Å². The number of nitrogens with one attached hydrogen (secondary N) is 1. The summed E-state index contributed by atoms with van der Waals surface area (Å²) in [5.74, 6) is -0.230. The van der Waals surface area contributed by atoms with Gasteiger partial charge in [-0.2, -0.15) is 0 Å². The van der Waals surface area contributed by atoms with E-state index in [1.54, 1.807) is 17.8 Å². The fraction of sp³-hybridized carbons (Fsp3) is 0.0714. The number of hydrogen-bond donors (Lipinski definition) is 1. The second-order valence-corrected chi connectivity index (χ2v) is 5.90. The van der Waals surface area contributed by atoms with Crippen LogP contribution in [0.4, 0.5) is 15.2 Å². The van der Waals surface area contributed by atoms with Gasteiger partial charge in [-0.15, -0.1) is 11.8 Å². The van der Waals surface area contributed by atoms with Crippen LogP contribution in [0, 0.1) is 5.82 Å². The van der Waals surface area contributed by atoms with Gasteiger partial charge in [-0.1, -0.05) is 17.4 Å². The summed E-state index contributed by atoms with van der Waals surface area (Å²) < 4.78 is 14.0. The molecule has 0 aliphatic rings. The highest BCUT2D eigenvalue weighted by Crippen LogP contribution is 2.29. The summed E-state index contributed by atoms with van der Waals surface area (Å²) >= 11 is 3.14. The molecule has 0 fully saturated rings. The molecule has 19 heavy (non-hydrogen) atoms. The second-order valence-electron chi connectivity index (χ2n) is 3.99. The maximum Gasteiger partial charge on any atom is 0.188 e. The van der Waals surface area contributed by atoms with E-state index < -0.39 is 0 Å². The summed E-state index contributed by atoms with van der Waals surface area (Å²) in [7, 11) is 0. The molecule has 0 saturated carbocycles. The Balaban J connectivity index is 1.92. The van der Waals surface area contributed by atoms with Crippen molar-refractivity contribution in [3.05, 3.63) is 48.3 Å². The summed E-state index contributed by atoms with van der Waals surface area (Å²) in [5.41, 5.74) is 1.81. The fourth-order valence-electron chi connectivity index (χ4n) is 1.78. The van der Waals surface area contributed by atoms with Gasteiger partial charge in [-0.05, 0) is 42.7 Å². The first-order valence-electron chi connectivity index (χ1n) is 5.72. The largest absolute Gasteiger partial charge is 0.331 e. The molecular formula is C14H11FN2S2. The first kappa shape index (κ1) is 12.4. The van der Waals surface area contributed by atoms with Crippen molar-refractivity contribution in [3.8, 4) is 0 Å². The van der Waals surface area contributed by atoms with Gasteiger partial charge in [0.05, 0.1) is 10.2 Å². The van der Waals surface area contributed by atoms with E-state index in [-0.39, 0.29) is 5.82 Å². The van der Waals surface area contributed by atoms with Crippen LogP contribution in [0.1, 0.15) is 0 Å². The lowest BCUT2D eigenvalue weighted by Gasteiger charge is -2.03. The van der Waals surface area contributed by atoms with Crippen LogP contribution in [-0.4, -0.2) is 11.2 Å². The highest BCUT2D eigenvalue weighted by Gasteiger charge is 2.05. The first-order chi connectivity index (χ1) is 9.24. The van der Waals surface area contributed by atoms with Crippen LogP contribution >= 0.6 is 23.1 Å². The normalized spacial score (nSPS) is 10.8. The van der Waals surface area contributed by atoms with Crippen LogP contribution in [0.5, 0.6) is 0 Å². The third-order valence-corrected chi connectivity index (χ3v) is 4.33. The number of rotatable bonds is 3. The van der Waals surface area contributed by atoms with Gasteiger partial charge in [-0.25, -0.2) is 9.37 Å². The van der Waals surface area contributed by atoms with E-state index in [0.717, 1.165) is 21.0 Å². The second kappa shape index (κ2) is 5.19. The number of benzene rings is 2. The van der Waals surface area contributed by atoms with E-state index in [2.05, 4.69) is 22.4 Å². The average Bonchev–Trinajstić information content (AvgIpc) is 2.80. The molecule has 1 heterocycles. The number of hydrogen-bond acceptors (Lipinski definition) is 4. The molecule has 0 amide bonds. The zero-order chi connectivity index (χ0) is 13.2. The molecule has 96 valence electrons. The SMILES string of the molecule is CSc1cccc(Nc2nc3ccc(F)cc3s2)c1. The number of halogens is 1. The summed E-state index contributed by atoms with van der Waals surface area (Å²) in [4.78, 5) is 5.63. The summed E-state index contributed by atoms with van der Waals surface area (Å²) in [6, 6.07) is 12.8. The fourth-order valence-corrected chi connectivity index (χ4v) is 3.15. The molecule has 0 aliphatic carbocycles. The molecule has 1 aromatic heterocycles. The van der Waals surface area contributed by atoms with E-state index in [4.69, 9.17) is 0 Å². The number of fused-ring (bicyclic) bond motifs is 1. The number of thioether (sulfide) groups is 1. The van der Waals surface area contributed by atoms with Gasteiger partial charge in [0.2, 0.25) is 0 Å². The minimum absolute atomic E-state index is 0.230. The van der Waals surface area contributed by atoms with E-state index >= 15 is 0 Å². The zero-order valence-electron chi connectivity index (χ0n) is 10.2. The van der Waals surface area contributed by atoms with Gasteiger partial charge in [-0.3, -0.25) is 0 Å². The zero-order valence-corrected chi connectivity index (χ0v) is 11.8. The average molecular weight is 290 g/mol. The quantitative estimate of drug-likeness (QED) is 0.694. The van der Waals surface area contributed by atoms with Gasteiger partial charge in [0.15, 0.2) is 5.13 Å². The molecule has 5 heteroatoms. The van der Waals surface area contributed by atoms with Crippen LogP contribution in [-0.2, 0) is 0 Å². The Morgan fingerprint density at radius 1 is 1.21 bits per heavy atom. The maximum atomic E-state index is 13.1. The van der Waals surface area contributed by atoms with Crippen LogP contribution in [0.25, 0.3) is 10.2 Å². The van der Waals surface area contributed by atoms with E-state index in [1.807, 2.05) is 18.4 Å². The lowest BCUT2D eigenvalue weighted by atomic mass is 10.3. The third kappa shape index (κ3) is 2.72. The molecule has 0 aliphatic heterocycles. The minimum atomic E-state index is -0.230. The Bertz CT molecular complexity index is 724. The first-order valence-corrected chi connectivity index (χ1v) is 7.76. The van der Waals surface area contributed by atoms with Crippen molar-refractivity contribution in [1.82, 2.24) is 4.98 Å². The highest BCUT2D eigenvalue weighted by atomic mass is 32.2. The van der Waals surface area contributed by atoms with Crippen molar-refractivity contribution in [1.29, 1.82) is 0 Å². The van der Waals surface area contributed by atoms with Gasteiger partial charge < -0.3 is 5.32 Å². The number of nitrogens with zero attached hydrogens (tertiary/aromatic N) is 1. The Labute approximate surface area is 118 Å². The van der Waals surface area contributed by atoms with Gasteiger partial charge in [0.25, 0.3) is 0 Å². The van der Waals surface area contributed by atoms with E-state index in [9.17, 15) is 4.39 Å². The van der Waals surface area contributed by atoms with Crippen molar-refractivity contribution in [2.75, 3.05) is 11.6 Å². The smallest absolute Gasteiger partial charge is 0.188 e. The molecular weight excluding hydrogens is 279 g/mol. The highest BCUT2D eigenvalue weighted by molar-refractivity contribution is 7.98.